The van der Waals surface area contributed by atoms with Crippen LogP contribution in [0.2, 0.25) is 0 Å². The van der Waals surface area contributed by atoms with E-state index in [1.165, 1.54) is 0 Å². The smallest absolute Gasteiger partial charge is 0.325 e. The second kappa shape index (κ2) is 7.83. The van der Waals surface area contributed by atoms with Crippen LogP contribution in [-0.4, -0.2) is 25.0 Å². The molecule has 2 aromatic carbocycles. The first-order valence-corrected chi connectivity index (χ1v) is 6.96. The van der Waals surface area contributed by atoms with Crippen LogP contribution in [0.1, 0.15) is 17.3 Å². The molecule has 2 rings (SSSR count). The van der Waals surface area contributed by atoms with Crippen LogP contribution >= 0.6 is 0 Å². The molecule has 114 valence electrons. The predicted octanol–water partition coefficient (Wildman–Crippen LogP) is 2.77. The molecule has 0 radical (unpaired) electrons. The van der Waals surface area contributed by atoms with Crippen molar-refractivity contribution in [3.63, 3.8) is 0 Å². The average molecular weight is 299 g/mol. The van der Waals surface area contributed by atoms with Gasteiger partial charge < -0.3 is 14.8 Å². The third-order valence-electron chi connectivity index (χ3n) is 2.80. The molecule has 0 heterocycles. The third kappa shape index (κ3) is 4.34. The van der Waals surface area contributed by atoms with E-state index in [0.717, 1.165) is 0 Å². The lowest BCUT2D eigenvalue weighted by Crippen LogP contribution is -2.30. The lowest BCUT2D eigenvalue weighted by atomic mass is 10.2. The lowest BCUT2D eigenvalue weighted by Gasteiger charge is -2.11. The number of ether oxygens (including phenoxy) is 2. The molecule has 0 bridgehead atoms. The molecule has 1 N–H and O–H groups in total. The topological polar surface area (TPSA) is 64.6 Å². The second-order valence-corrected chi connectivity index (χ2v) is 4.40. The van der Waals surface area contributed by atoms with Crippen LogP contribution in [0.3, 0.4) is 0 Å². The maximum absolute atomic E-state index is 12.2. The largest absolute Gasteiger partial charge is 0.465 e. The zero-order valence-corrected chi connectivity index (χ0v) is 12.2. The van der Waals surface area contributed by atoms with E-state index in [9.17, 15) is 9.59 Å². The molecular weight excluding hydrogens is 282 g/mol. The minimum Gasteiger partial charge on any atom is -0.465 e. The number of rotatable bonds is 6. The highest BCUT2D eigenvalue weighted by Gasteiger charge is 2.14. The minimum absolute atomic E-state index is 0.174. The number of carbonyl (C=O) groups is 2. The van der Waals surface area contributed by atoms with E-state index >= 15 is 0 Å². The van der Waals surface area contributed by atoms with Crippen LogP contribution in [0.4, 0.5) is 0 Å². The predicted molar refractivity (Wildman–Crippen MR) is 81.9 cm³/mol. The van der Waals surface area contributed by atoms with Gasteiger partial charge in [-0.2, -0.15) is 0 Å². The summed E-state index contributed by atoms with van der Waals surface area (Å²) in [6.07, 6.45) is 0. The molecule has 0 unspecified atom stereocenters. The quantitative estimate of drug-likeness (QED) is 0.833. The Balaban J connectivity index is 2.07. The number of hydrogen-bond donors (Lipinski definition) is 1. The maximum atomic E-state index is 12.2. The highest BCUT2D eigenvalue weighted by molar-refractivity contribution is 5.98. The Morgan fingerprint density at radius 1 is 1.00 bits per heavy atom. The fourth-order valence-corrected chi connectivity index (χ4v) is 1.82. The van der Waals surface area contributed by atoms with Crippen molar-refractivity contribution in [1.29, 1.82) is 0 Å². The molecule has 0 aliphatic carbocycles. The number of para-hydroxylation sites is 2. The normalized spacial score (nSPS) is 9.86. The Morgan fingerprint density at radius 3 is 2.41 bits per heavy atom. The van der Waals surface area contributed by atoms with Crippen LogP contribution in [-0.2, 0) is 9.53 Å². The van der Waals surface area contributed by atoms with Crippen LogP contribution < -0.4 is 10.1 Å². The van der Waals surface area contributed by atoms with Crippen molar-refractivity contribution >= 4 is 11.9 Å². The van der Waals surface area contributed by atoms with Gasteiger partial charge in [0.25, 0.3) is 5.91 Å². The van der Waals surface area contributed by atoms with E-state index in [4.69, 9.17) is 9.47 Å². The molecule has 0 saturated carbocycles. The van der Waals surface area contributed by atoms with Gasteiger partial charge in [-0.1, -0.05) is 30.3 Å². The summed E-state index contributed by atoms with van der Waals surface area (Å²) in [6, 6.07) is 16.0. The third-order valence-corrected chi connectivity index (χ3v) is 2.80. The SMILES string of the molecule is CCOC(=O)CNC(=O)c1ccccc1Oc1ccccc1. The van der Waals surface area contributed by atoms with Crippen molar-refractivity contribution in [2.45, 2.75) is 6.92 Å². The molecule has 0 atom stereocenters. The zero-order valence-electron chi connectivity index (χ0n) is 12.2. The van der Waals surface area contributed by atoms with Gasteiger partial charge >= 0.3 is 5.97 Å². The van der Waals surface area contributed by atoms with Crippen molar-refractivity contribution in [2.24, 2.45) is 0 Å². The fourth-order valence-electron chi connectivity index (χ4n) is 1.82. The molecular formula is C17H17NO4. The molecule has 0 spiro atoms. The van der Waals surface area contributed by atoms with E-state index in [1.54, 1.807) is 43.3 Å². The zero-order chi connectivity index (χ0) is 15.8. The molecule has 0 saturated heterocycles. The molecule has 2 aromatic rings. The highest BCUT2D eigenvalue weighted by atomic mass is 16.5. The number of carbonyl (C=O) groups excluding carboxylic acids is 2. The first-order valence-electron chi connectivity index (χ1n) is 6.96. The molecule has 1 amide bonds. The van der Waals surface area contributed by atoms with E-state index in [1.807, 2.05) is 18.2 Å². The Bertz CT molecular complexity index is 640. The second-order valence-electron chi connectivity index (χ2n) is 4.40. The van der Waals surface area contributed by atoms with Gasteiger partial charge in [0.15, 0.2) is 0 Å². The van der Waals surface area contributed by atoms with Gasteiger partial charge in [-0.15, -0.1) is 0 Å². The summed E-state index contributed by atoms with van der Waals surface area (Å²) in [5, 5.41) is 2.52. The summed E-state index contributed by atoms with van der Waals surface area (Å²) in [5.74, 6) is 0.195. The lowest BCUT2D eigenvalue weighted by molar-refractivity contribution is -0.141. The molecule has 0 aliphatic heterocycles. The molecule has 5 heteroatoms. The van der Waals surface area contributed by atoms with Gasteiger partial charge in [0.1, 0.15) is 18.0 Å². The van der Waals surface area contributed by atoms with Crippen LogP contribution in [0.5, 0.6) is 11.5 Å². The maximum Gasteiger partial charge on any atom is 0.325 e. The van der Waals surface area contributed by atoms with Crippen LogP contribution in [0.25, 0.3) is 0 Å². The Morgan fingerprint density at radius 2 is 1.68 bits per heavy atom. The van der Waals surface area contributed by atoms with Gasteiger partial charge in [-0.05, 0) is 31.2 Å². The summed E-state index contributed by atoms with van der Waals surface area (Å²) in [7, 11) is 0. The first kappa shape index (κ1) is 15.6. The molecule has 22 heavy (non-hydrogen) atoms. The van der Waals surface area contributed by atoms with Gasteiger partial charge in [0, 0.05) is 0 Å². The Kier molecular flexibility index (Phi) is 5.54. The number of nitrogens with one attached hydrogen (secondary N) is 1. The van der Waals surface area contributed by atoms with Crippen molar-refractivity contribution in [1.82, 2.24) is 5.32 Å². The number of amides is 1. The summed E-state index contributed by atoms with van der Waals surface area (Å²) in [6.45, 7) is 1.82. The minimum atomic E-state index is -0.475. The van der Waals surface area contributed by atoms with Gasteiger partial charge in [-0.3, -0.25) is 9.59 Å². The Hall–Kier alpha value is -2.82. The summed E-state index contributed by atoms with van der Waals surface area (Å²) < 4.78 is 10.5. The monoisotopic (exact) mass is 299 g/mol. The summed E-state index contributed by atoms with van der Waals surface area (Å²) >= 11 is 0. The van der Waals surface area contributed by atoms with E-state index in [2.05, 4.69) is 5.32 Å². The van der Waals surface area contributed by atoms with E-state index in [-0.39, 0.29) is 19.1 Å². The van der Waals surface area contributed by atoms with Gasteiger partial charge in [-0.25, -0.2) is 0 Å². The van der Waals surface area contributed by atoms with Gasteiger partial charge in [0.2, 0.25) is 0 Å². The first-order chi connectivity index (χ1) is 10.7. The molecule has 5 nitrogen and oxygen atoms in total. The van der Waals surface area contributed by atoms with Crippen molar-refractivity contribution in [2.75, 3.05) is 13.2 Å². The van der Waals surface area contributed by atoms with E-state index in [0.29, 0.717) is 17.1 Å². The summed E-state index contributed by atoms with van der Waals surface area (Å²) in [4.78, 5) is 23.5. The Labute approximate surface area is 128 Å². The number of esters is 1. The van der Waals surface area contributed by atoms with Crippen LogP contribution in [0.15, 0.2) is 54.6 Å². The van der Waals surface area contributed by atoms with Crippen molar-refractivity contribution in [3.8, 4) is 11.5 Å². The van der Waals surface area contributed by atoms with E-state index < -0.39 is 5.97 Å². The fraction of sp³-hybridized carbons (Fsp3) is 0.176. The highest BCUT2D eigenvalue weighted by Crippen LogP contribution is 2.24. The number of benzene rings is 2. The van der Waals surface area contributed by atoms with Gasteiger partial charge in [0.05, 0.1) is 12.2 Å². The van der Waals surface area contributed by atoms with Crippen molar-refractivity contribution in [3.05, 3.63) is 60.2 Å². The number of hydrogen-bond acceptors (Lipinski definition) is 4. The average Bonchev–Trinajstić information content (AvgIpc) is 2.54. The standard InChI is InChI=1S/C17H17NO4/c1-2-21-16(19)12-18-17(20)14-10-6-7-11-15(14)22-13-8-4-3-5-9-13/h3-11H,2,12H2,1H3,(H,18,20). The molecule has 0 aliphatic rings. The molecule has 0 aromatic heterocycles. The van der Waals surface area contributed by atoms with Crippen molar-refractivity contribution < 1.29 is 19.1 Å². The molecule has 0 fully saturated rings. The summed E-state index contributed by atoms with van der Waals surface area (Å²) in [5.41, 5.74) is 0.357. The van der Waals surface area contributed by atoms with Crippen LogP contribution in [0, 0.1) is 0 Å².